The molecule has 6 heteroatoms. The van der Waals surface area contributed by atoms with Gasteiger partial charge in [-0.25, -0.2) is 0 Å². The number of amides is 2. The monoisotopic (exact) mass is 461 g/mol. The quantitative estimate of drug-likeness (QED) is 0.386. The van der Waals surface area contributed by atoms with E-state index in [0.29, 0.717) is 11.6 Å². The van der Waals surface area contributed by atoms with Crippen molar-refractivity contribution in [3.05, 3.63) is 64.2 Å². The highest BCUT2D eigenvalue weighted by Gasteiger charge is 2.37. The highest BCUT2D eigenvalue weighted by Crippen LogP contribution is 2.43. The lowest BCUT2D eigenvalue weighted by atomic mass is 9.79. The molecule has 2 aromatic carbocycles. The Kier molecular flexibility index (Phi) is 5.91. The van der Waals surface area contributed by atoms with Gasteiger partial charge in [0.1, 0.15) is 5.57 Å². The summed E-state index contributed by atoms with van der Waals surface area (Å²) in [4.78, 5) is 29.9. The van der Waals surface area contributed by atoms with E-state index >= 15 is 0 Å². The van der Waals surface area contributed by atoms with Gasteiger partial charge < -0.3 is 4.90 Å². The van der Waals surface area contributed by atoms with Crippen molar-refractivity contribution in [3.63, 3.8) is 0 Å². The topological polar surface area (TPSA) is 52.7 Å². The summed E-state index contributed by atoms with van der Waals surface area (Å²) < 4.78 is 0. The fourth-order valence-electron chi connectivity index (χ4n) is 5.12. The number of hydrogen-bond donors (Lipinski definition) is 1. The molecule has 1 saturated heterocycles. The largest absolute Gasteiger partial charge is 0.366 e. The van der Waals surface area contributed by atoms with Crippen LogP contribution < -0.4 is 15.1 Å². The molecular formula is C27H31N3O2S. The van der Waals surface area contributed by atoms with Gasteiger partial charge in [0.2, 0.25) is 0 Å². The Morgan fingerprint density at radius 1 is 1.12 bits per heavy atom. The molecule has 2 heterocycles. The molecule has 0 radical (unpaired) electrons. The van der Waals surface area contributed by atoms with Gasteiger partial charge in [-0.2, -0.15) is 0 Å². The Morgan fingerprint density at radius 3 is 2.52 bits per heavy atom. The molecule has 0 aromatic heterocycles. The number of fused-ring (bicyclic) bond motifs is 1. The third kappa shape index (κ3) is 4.08. The minimum absolute atomic E-state index is 0.0814. The van der Waals surface area contributed by atoms with Crippen molar-refractivity contribution in [2.75, 3.05) is 16.3 Å². The van der Waals surface area contributed by atoms with Gasteiger partial charge in [-0.3, -0.25) is 19.8 Å². The van der Waals surface area contributed by atoms with Crippen molar-refractivity contribution in [1.82, 2.24) is 5.32 Å². The first-order valence-electron chi connectivity index (χ1n) is 11.4. The van der Waals surface area contributed by atoms with Crippen LogP contribution in [0.15, 0.2) is 42.0 Å². The van der Waals surface area contributed by atoms with E-state index in [2.05, 4.69) is 50.0 Å². The molecule has 0 spiro atoms. The van der Waals surface area contributed by atoms with Crippen LogP contribution in [0.1, 0.15) is 62.3 Å². The molecule has 2 aromatic rings. The summed E-state index contributed by atoms with van der Waals surface area (Å²) in [5, 5.41) is 2.78. The Bertz CT molecular complexity index is 1200. The first-order chi connectivity index (χ1) is 15.5. The molecule has 172 valence electrons. The summed E-state index contributed by atoms with van der Waals surface area (Å²) in [7, 11) is 0. The molecule has 5 nitrogen and oxygen atoms in total. The third-order valence-electron chi connectivity index (χ3n) is 6.89. The molecule has 2 amide bonds. The second-order valence-electron chi connectivity index (χ2n) is 9.71. The number of hydrogen-bond acceptors (Lipinski definition) is 4. The van der Waals surface area contributed by atoms with Crippen molar-refractivity contribution in [3.8, 4) is 0 Å². The Balaban J connectivity index is 1.73. The summed E-state index contributed by atoms with van der Waals surface area (Å²) in [5.41, 5.74) is 6.30. The molecule has 1 atom stereocenters. The van der Waals surface area contributed by atoms with E-state index in [4.69, 9.17) is 12.2 Å². The van der Waals surface area contributed by atoms with E-state index in [1.54, 1.807) is 6.08 Å². The highest BCUT2D eigenvalue weighted by molar-refractivity contribution is 7.80. The average molecular weight is 462 g/mol. The summed E-state index contributed by atoms with van der Waals surface area (Å²) in [5.74, 6) is -0.493. The number of rotatable bonds is 3. The van der Waals surface area contributed by atoms with Crippen molar-refractivity contribution >= 4 is 46.6 Å². The maximum absolute atomic E-state index is 13.4. The number of carbonyl (C=O) groups excluding carboxylic acids is 2. The molecule has 4 rings (SSSR count). The van der Waals surface area contributed by atoms with Crippen molar-refractivity contribution in [1.29, 1.82) is 0 Å². The van der Waals surface area contributed by atoms with Crippen molar-refractivity contribution < 1.29 is 9.59 Å². The van der Waals surface area contributed by atoms with Gasteiger partial charge in [-0.05, 0) is 112 Å². The van der Waals surface area contributed by atoms with Gasteiger partial charge in [0.05, 0.1) is 5.69 Å². The number of anilines is 2. The van der Waals surface area contributed by atoms with Crippen LogP contribution in [0.5, 0.6) is 0 Å². The van der Waals surface area contributed by atoms with Crippen LogP contribution in [0.3, 0.4) is 0 Å². The minimum Gasteiger partial charge on any atom is -0.366 e. The zero-order valence-corrected chi connectivity index (χ0v) is 21.0. The molecule has 0 unspecified atom stereocenters. The van der Waals surface area contributed by atoms with Crippen molar-refractivity contribution in [2.45, 2.75) is 59.4 Å². The second kappa shape index (κ2) is 8.41. The molecule has 1 fully saturated rings. The Morgan fingerprint density at radius 2 is 1.85 bits per heavy atom. The van der Waals surface area contributed by atoms with Crippen LogP contribution in [-0.4, -0.2) is 29.0 Å². The SMILES string of the molecule is CCN1c2ccc(/C=C3\C(=O)NC(=S)N(c4ccc(C)c(C)c4)C3=O)cc2[C@H](C)CC1(C)C. The maximum Gasteiger partial charge on any atom is 0.270 e. The zero-order valence-electron chi connectivity index (χ0n) is 20.2. The summed E-state index contributed by atoms with van der Waals surface area (Å²) in [6.45, 7) is 13.9. The number of nitrogens with one attached hydrogen (secondary N) is 1. The van der Waals surface area contributed by atoms with E-state index in [-0.39, 0.29) is 16.2 Å². The lowest BCUT2D eigenvalue weighted by Gasteiger charge is -2.47. The van der Waals surface area contributed by atoms with E-state index in [0.717, 1.165) is 29.7 Å². The van der Waals surface area contributed by atoms with Gasteiger partial charge in [0, 0.05) is 17.8 Å². The van der Waals surface area contributed by atoms with Crippen LogP contribution in [0.25, 0.3) is 6.08 Å². The highest BCUT2D eigenvalue weighted by atomic mass is 32.1. The summed E-state index contributed by atoms with van der Waals surface area (Å²) >= 11 is 5.34. The van der Waals surface area contributed by atoms with Gasteiger partial charge in [0.15, 0.2) is 5.11 Å². The van der Waals surface area contributed by atoms with Crippen LogP contribution in [0.4, 0.5) is 11.4 Å². The first kappa shape index (κ1) is 23.2. The van der Waals surface area contributed by atoms with Gasteiger partial charge in [-0.1, -0.05) is 19.1 Å². The Labute approximate surface area is 201 Å². The van der Waals surface area contributed by atoms with E-state index in [9.17, 15) is 9.59 Å². The molecular weight excluding hydrogens is 430 g/mol. The average Bonchev–Trinajstić information content (AvgIpc) is 2.73. The molecule has 0 aliphatic carbocycles. The van der Waals surface area contributed by atoms with Crippen LogP contribution in [-0.2, 0) is 9.59 Å². The standard InChI is InChI=1S/C27H31N3O2S/c1-7-29-23-11-9-19(13-21(23)18(4)15-27(29,5)6)14-22-24(31)28-26(33)30(25(22)32)20-10-8-16(2)17(3)12-20/h8-14,18H,7,15H2,1-6H3,(H,28,31,33)/b22-14+/t18-/m1/s1. The van der Waals surface area contributed by atoms with Crippen LogP contribution in [0.2, 0.25) is 0 Å². The van der Waals surface area contributed by atoms with E-state index < -0.39 is 11.8 Å². The predicted octanol–water partition coefficient (Wildman–Crippen LogP) is 5.25. The van der Waals surface area contributed by atoms with Crippen LogP contribution in [0, 0.1) is 13.8 Å². The van der Waals surface area contributed by atoms with Crippen molar-refractivity contribution in [2.24, 2.45) is 0 Å². The smallest absolute Gasteiger partial charge is 0.270 e. The number of carbonyl (C=O) groups is 2. The molecule has 2 aliphatic heterocycles. The second-order valence-corrected chi connectivity index (χ2v) is 10.1. The van der Waals surface area contributed by atoms with E-state index in [1.165, 1.54) is 16.2 Å². The van der Waals surface area contributed by atoms with Gasteiger partial charge in [-0.15, -0.1) is 0 Å². The van der Waals surface area contributed by atoms with Gasteiger partial charge >= 0.3 is 0 Å². The predicted molar refractivity (Wildman–Crippen MR) is 139 cm³/mol. The number of benzene rings is 2. The molecule has 1 N–H and O–H groups in total. The lowest BCUT2D eigenvalue weighted by molar-refractivity contribution is -0.122. The fourth-order valence-corrected chi connectivity index (χ4v) is 5.40. The lowest BCUT2D eigenvalue weighted by Crippen LogP contribution is -2.54. The maximum atomic E-state index is 13.4. The Hall–Kier alpha value is -2.99. The van der Waals surface area contributed by atoms with Gasteiger partial charge in [0.25, 0.3) is 11.8 Å². The summed E-state index contributed by atoms with van der Waals surface area (Å²) in [6, 6.07) is 11.9. The van der Waals surface area contributed by atoms with E-state index in [1.807, 2.05) is 38.1 Å². The fraction of sp³-hybridized carbons (Fsp3) is 0.370. The van der Waals surface area contributed by atoms with Crippen LogP contribution >= 0.6 is 12.2 Å². The third-order valence-corrected chi connectivity index (χ3v) is 7.17. The minimum atomic E-state index is -0.466. The number of nitrogens with zero attached hydrogens (tertiary/aromatic N) is 2. The molecule has 33 heavy (non-hydrogen) atoms. The molecule has 0 saturated carbocycles. The molecule has 0 bridgehead atoms. The molecule has 2 aliphatic rings. The number of thiocarbonyl (C=S) groups is 1. The zero-order chi connectivity index (χ0) is 24.1. The summed E-state index contributed by atoms with van der Waals surface area (Å²) in [6.07, 6.45) is 2.72. The number of aryl methyl sites for hydroxylation is 2. The first-order valence-corrected chi connectivity index (χ1v) is 11.8. The normalized spacial score (nSPS) is 21.3.